The normalized spacial score (nSPS) is 15.4. The second-order valence-electron chi connectivity index (χ2n) is 7.35. The van der Waals surface area contributed by atoms with Crippen LogP contribution in [0.2, 0.25) is 5.02 Å². The first-order valence-electron chi connectivity index (χ1n) is 10.5. The number of hydrogen-bond donors (Lipinski definition) is 1. The average Bonchev–Trinajstić information content (AvgIpc) is 3.26. The van der Waals surface area contributed by atoms with E-state index in [9.17, 15) is 18.0 Å². The molecule has 1 aromatic carbocycles. The number of amides is 2. The van der Waals surface area contributed by atoms with Crippen LogP contribution in [0.15, 0.2) is 33.5 Å². The average molecular weight is 532 g/mol. The van der Waals surface area contributed by atoms with Crippen LogP contribution in [-0.4, -0.2) is 71.6 Å². The number of thioether (sulfide) groups is 1. The largest absolute Gasteiger partial charge is 0.343 e. The van der Waals surface area contributed by atoms with Crippen LogP contribution in [0.5, 0.6) is 0 Å². The summed E-state index contributed by atoms with van der Waals surface area (Å²) in [4.78, 5) is 26.7. The number of sulfonamides is 1. The quantitative estimate of drug-likeness (QED) is 0.390. The highest BCUT2D eigenvalue weighted by Gasteiger charge is 2.32. The standard InChI is InChI=1S/C20H26ClN5O4S3/c1-3-25(4-2)17(27)13-31-20-24-23-19(32-20)22-18(28)14-9-11-26(12-10-14)33(29,30)16-7-5-15(21)6-8-16/h5-8,14H,3-4,9-13H2,1-2H3,(H,22,23,28). The molecule has 13 heteroatoms. The van der Waals surface area contributed by atoms with E-state index in [4.69, 9.17) is 11.6 Å². The molecule has 0 atom stereocenters. The minimum absolute atomic E-state index is 0.0334. The molecule has 1 N–H and O–H groups in total. The Kier molecular flexibility index (Phi) is 9.10. The number of hydrogen-bond acceptors (Lipinski definition) is 8. The number of nitrogens with one attached hydrogen (secondary N) is 1. The molecule has 3 rings (SSSR count). The van der Waals surface area contributed by atoms with Gasteiger partial charge in [0.2, 0.25) is 27.0 Å². The first-order valence-corrected chi connectivity index (χ1v) is 14.2. The van der Waals surface area contributed by atoms with Crippen molar-refractivity contribution in [1.82, 2.24) is 19.4 Å². The molecule has 0 saturated carbocycles. The zero-order valence-corrected chi connectivity index (χ0v) is 21.6. The molecule has 1 saturated heterocycles. The number of rotatable bonds is 9. The number of carbonyl (C=O) groups excluding carboxylic acids is 2. The van der Waals surface area contributed by atoms with E-state index in [1.54, 1.807) is 17.0 Å². The van der Waals surface area contributed by atoms with Gasteiger partial charge >= 0.3 is 0 Å². The van der Waals surface area contributed by atoms with Crippen LogP contribution in [0.4, 0.5) is 5.13 Å². The molecule has 0 spiro atoms. The summed E-state index contributed by atoms with van der Waals surface area (Å²) in [5.41, 5.74) is 0. The molecule has 1 fully saturated rings. The van der Waals surface area contributed by atoms with Crippen LogP contribution < -0.4 is 5.32 Å². The van der Waals surface area contributed by atoms with Gasteiger partial charge in [-0.05, 0) is 51.0 Å². The van der Waals surface area contributed by atoms with E-state index in [-0.39, 0.29) is 41.5 Å². The lowest BCUT2D eigenvalue weighted by Crippen LogP contribution is -2.41. The van der Waals surface area contributed by atoms with Crippen molar-refractivity contribution in [2.24, 2.45) is 5.92 Å². The summed E-state index contributed by atoms with van der Waals surface area (Å²) in [7, 11) is -3.62. The van der Waals surface area contributed by atoms with E-state index in [1.807, 2.05) is 13.8 Å². The van der Waals surface area contributed by atoms with Gasteiger partial charge in [-0.25, -0.2) is 8.42 Å². The summed E-state index contributed by atoms with van der Waals surface area (Å²) < 4.78 is 27.6. The van der Waals surface area contributed by atoms with Crippen molar-refractivity contribution in [3.63, 3.8) is 0 Å². The Morgan fingerprint density at radius 1 is 1.18 bits per heavy atom. The lowest BCUT2D eigenvalue weighted by Gasteiger charge is -2.30. The van der Waals surface area contributed by atoms with Crippen molar-refractivity contribution in [3.8, 4) is 0 Å². The molecule has 9 nitrogen and oxygen atoms in total. The molecule has 33 heavy (non-hydrogen) atoms. The third-order valence-corrected chi connectivity index (χ3v) is 9.47. The SMILES string of the molecule is CCN(CC)C(=O)CSc1nnc(NC(=O)C2CCN(S(=O)(=O)c3ccc(Cl)cc3)CC2)s1. The molecule has 1 aliphatic rings. The molecule has 2 amide bonds. The fourth-order valence-corrected chi connectivity index (χ4v) is 6.68. The van der Waals surface area contributed by atoms with Crippen molar-refractivity contribution < 1.29 is 18.0 Å². The van der Waals surface area contributed by atoms with Gasteiger partial charge in [-0.15, -0.1) is 10.2 Å². The van der Waals surface area contributed by atoms with E-state index < -0.39 is 10.0 Å². The van der Waals surface area contributed by atoms with Crippen LogP contribution in [0.3, 0.4) is 0 Å². The minimum Gasteiger partial charge on any atom is -0.343 e. The summed E-state index contributed by atoms with van der Waals surface area (Å²) in [6.07, 6.45) is 0.828. The number of benzene rings is 1. The number of piperidine rings is 1. The van der Waals surface area contributed by atoms with E-state index in [0.717, 1.165) is 0 Å². The molecule has 180 valence electrons. The van der Waals surface area contributed by atoms with Crippen molar-refractivity contribution >= 4 is 61.7 Å². The zero-order valence-electron chi connectivity index (χ0n) is 18.4. The van der Waals surface area contributed by atoms with Gasteiger partial charge in [-0.1, -0.05) is 34.7 Å². The topological polar surface area (TPSA) is 113 Å². The van der Waals surface area contributed by atoms with Gasteiger partial charge in [0.05, 0.1) is 10.6 Å². The smallest absolute Gasteiger partial charge is 0.243 e. The number of carbonyl (C=O) groups is 2. The maximum absolute atomic E-state index is 12.8. The molecule has 1 aliphatic heterocycles. The zero-order chi connectivity index (χ0) is 24.0. The number of aromatic nitrogens is 2. The van der Waals surface area contributed by atoms with Crippen molar-refractivity contribution in [1.29, 1.82) is 0 Å². The number of halogens is 1. The molecule has 0 unspecified atom stereocenters. The van der Waals surface area contributed by atoms with Gasteiger partial charge in [-0.2, -0.15) is 4.31 Å². The molecule has 2 heterocycles. The van der Waals surface area contributed by atoms with E-state index in [2.05, 4.69) is 15.5 Å². The third kappa shape index (κ3) is 6.66. The Bertz CT molecular complexity index is 1070. The molecular formula is C20H26ClN5O4S3. The lowest BCUT2D eigenvalue weighted by molar-refractivity contribution is -0.128. The highest BCUT2D eigenvalue weighted by molar-refractivity contribution is 8.01. The summed E-state index contributed by atoms with van der Waals surface area (Å²) in [5, 5.41) is 11.6. The Morgan fingerprint density at radius 3 is 2.42 bits per heavy atom. The Labute approximate surface area is 206 Å². The third-order valence-electron chi connectivity index (χ3n) is 5.35. The Balaban J connectivity index is 1.49. The lowest BCUT2D eigenvalue weighted by atomic mass is 9.97. The predicted molar refractivity (Wildman–Crippen MR) is 130 cm³/mol. The first kappa shape index (κ1) is 25.9. The fraction of sp³-hybridized carbons (Fsp3) is 0.500. The molecule has 1 aromatic heterocycles. The maximum atomic E-state index is 12.8. The Morgan fingerprint density at radius 2 is 1.82 bits per heavy atom. The first-order chi connectivity index (χ1) is 15.7. The van der Waals surface area contributed by atoms with Crippen molar-refractivity contribution in [2.45, 2.75) is 35.9 Å². The van der Waals surface area contributed by atoms with Gasteiger partial charge in [0.15, 0.2) is 4.34 Å². The Hall–Kier alpha value is -1.73. The van der Waals surface area contributed by atoms with Crippen molar-refractivity contribution in [3.05, 3.63) is 29.3 Å². The molecular weight excluding hydrogens is 506 g/mol. The van der Waals surface area contributed by atoms with Gasteiger partial charge in [0.25, 0.3) is 0 Å². The second kappa shape index (κ2) is 11.6. The molecule has 0 bridgehead atoms. The maximum Gasteiger partial charge on any atom is 0.243 e. The van der Waals surface area contributed by atoms with Crippen molar-refractivity contribution in [2.75, 3.05) is 37.2 Å². The minimum atomic E-state index is -3.62. The van der Waals surface area contributed by atoms with Crippen LogP contribution in [0.25, 0.3) is 0 Å². The van der Waals surface area contributed by atoms with Gasteiger partial charge < -0.3 is 10.2 Å². The van der Waals surface area contributed by atoms with E-state index >= 15 is 0 Å². The number of nitrogens with zero attached hydrogens (tertiary/aromatic N) is 4. The summed E-state index contributed by atoms with van der Waals surface area (Å²) >= 11 is 8.36. The molecule has 0 radical (unpaired) electrons. The van der Waals surface area contributed by atoms with E-state index in [1.165, 1.54) is 39.5 Å². The predicted octanol–water partition coefficient (Wildman–Crippen LogP) is 3.19. The fourth-order valence-electron chi connectivity index (χ4n) is 3.43. The molecule has 2 aromatic rings. The van der Waals surface area contributed by atoms with Crippen LogP contribution in [0.1, 0.15) is 26.7 Å². The van der Waals surface area contributed by atoms with Crippen LogP contribution in [-0.2, 0) is 19.6 Å². The summed E-state index contributed by atoms with van der Waals surface area (Å²) in [6.45, 7) is 5.70. The van der Waals surface area contributed by atoms with E-state index in [0.29, 0.717) is 40.4 Å². The summed E-state index contributed by atoms with van der Waals surface area (Å²) in [6, 6.07) is 6.06. The van der Waals surface area contributed by atoms with Crippen LogP contribution in [0, 0.1) is 5.92 Å². The van der Waals surface area contributed by atoms with Gasteiger partial charge in [0, 0.05) is 37.1 Å². The van der Waals surface area contributed by atoms with Gasteiger partial charge in [-0.3, -0.25) is 9.59 Å². The second-order valence-corrected chi connectivity index (χ2v) is 11.9. The van der Waals surface area contributed by atoms with Crippen LogP contribution >= 0.6 is 34.7 Å². The number of anilines is 1. The highest BCUT2D eigenvalue weighted by atomic mass is 35.5. The van der Waals surface area contributed by atoms with Gasteiger partial charge in [0.1, 0.15) is 0 Å². The summed E-state index contributed by atoms with van der Waals surface area (Å²) in [5.74, 6) is -0.215. The molecule has 0 aliphatic carbocycles. The monoisotopic (exact) mass is 531 g/mol. The highest BCUT2D eigenvalue weighted by Crippen LogP contribution is 2.28.